The van der Waals surface area contributed by atoms with Gasteiger partial charge in [-0.05, 0) is 42.8 Å². The lowest BCUT2D eigenvalue weighted by atomic mass is 9.97. The number of carbonyl (C=O) groups is 1. The molecule has 1 N–H and O–H groups in total. The predicted molar refractivity (Wildman–Crippen MR) is 106 cm³/mol. The van der Waals surface area contributed by atoms with Gasteiger partial charge in [0.05, 0.1) is 23.5 Å². The molecule has 1 aliphatic heterocycles. The van der Waals surface area contributed by atoms with Crippen molar-refractivity contribution in [2.45, 2.75) is 12.5 Å². The van der Waals surface area contributed by atoms with Crippen LogP contribution in [0.15, 0.2) is 61.2 Å². The Morgan fingerprint density at radius 1 is 1.21 bits per heavy atom. The van der Waals surface area contributed by atoms with Gasteiger partial charge in [0.15, 0.2) is 0 Å². The third-order valence-corrected chi connectivity index (χ3v) is 5.87. The van der Waals surface area contributed by atoms with E-state index in [2.05, 4.69) is 15.4 Å². The maximum Gasteiger partial charge on any atom is 0.257 e. The number of fused-ring (bicyclic) bond motifs is 1. The van der Waals surface area contributed by atoms with Crippen LogP contribution in [0.3, 0.4) is 0 Å². The van der Waals surface area contributed by atoms with Crippen LogP contribution < -0.4 is 9.62 Å². The number of nitrogens with one attached hydrogen (secondary N) is 1. The zero-order valence-corrected chi connectivity index (χ0v) is 16.0. The van der Waals surface area contributed by atoms with Gasteiger partial charge >= 0.3 is 0 Å². The number of hydrogen-bond donors (Lipinski definition) is 1. The summed E-state index contributed by atoms with van der Waals surface area (Å²) in [5.41, 5.74) is 2.43. The van der Waals surface area contributed by atoms with Crippen molar-refractivity contribution in [1.82, 2.24) is 14.8 Å². The van der Waals surface area contributed by atoms with E-state index in [1.807, 2.05) is 23.0 Å². The summed E-state index contributed by atoms with van der Waals surface area (Å²) in [6, 6.07) is 10.3. The molecule has 2 aromatic heterocycles. The number of anilines is 2. The Kier molecular flexibility index (Phi) is 4.60. The smallest absolute Gasteiger partial charge is 0.257 e. The molecular weight excluding hydrogens is 378 g/mol. The summed E-state index contributed by atoms with van der Waals surface area (Å²) in [5, 5.41) is 7.17. The van der Waals surface area contributed by atoms with E-state index in [0.29, 0.717) is 29.9 Å². The van der Waals surface area contributed by atoms with Gasteiger partial charge in [-0.3, -0.25) is 18.8 Å². The minimum atomic E-state index is -3.40. The molecule has 1 atom stereocenters. The van der Waals surface area contributed by atoms with E-state index in [1.165, 1.54) is 16.8 Å². The van der Waals surface area contributed by atoms with Crippen LogP contribution in [0.2, 0.25) is 0 Å². The number of pyridine rings is 1. The van der Waals surface area contributed by atoms with Gasteiger partial charge in [-0.2, -0.15) is 5.10 Å². The molecular formula is C19H19N5O3S. The van der Waals surface area contributed by atoms with Gasteiger partial charge in [0.1, 0.15) is 0 Å². The molecule has 9 heteroatoms. The fraction of sp³-hybridized carbons (Fsp3) is 0.211. The van der Waals surface area contributed by atoms with Gasteiger partial charge in [0, 0.05) is 42.6 Å². The molecule has 0 aliphatic carbocycles. The van der Waals surface area contributed by atoms with Crippen LogP contribution in [0.4, 0.5) is 11.4 Å². The summed E-state index contributed by atoms with van der Waals surface area (Å²) >= 11 is 0. The number of hydrogen-bond acceptors (Lipinski definition) is 5. The Bertz CT molecular complexity index is 1100. The minimum Gasteiger partial charge on any atom is -0.322 e. The number of rotatable bonds is 4. The lowest BCUT2D eigenvalue weighted by Crippen LogP contribution is -2.37. The van der Waals surface area contributed by atoms with Gasteiger partial charge in [-0.15, -0.1) is 0 Å². The van der Waals surface area contributed by atoms with E-state index in [0.717, 1.165) is 5.56 Å². The first-order valence-electron chi connectivity index (χ1n) is 8.75. The highest BCUT2D eigenvalue weighted by Crippen LogP contribution is 2.38. The minimum absolute atomic E-state index is 0.113. The second kappa shape index (κ2) is 7.08. The third kappa shape index (κ3) is 3.48. The highest BCUT2D eigenvalue weighted by atomic mass is 32.2. The standard InChI is InChI=1S/C19H19N5O3S/c1-28(26,27)24-11-7-17(23-10-3-9-21-23)16-12-15(5-6-18(16)24)22-19(25)14-4-2-8-20-13-14/h2-6,8-10,12-13,17H,7,11H2,1H3,(H,22,25)/t17-/m1/s1. The van der Waals surface area contributed by atoms with Crippen LogP contribution in [-0.4, -0.2) is 41.9 Å². The average Bonchev–Trinajstić information content (AvgIpc) is 3.21. The summed E-state index contributed by atoms with van der Waals surface area (Å²) in [6.45, 7) is 0.373. The molecule has 1 aromatic carbocycles. The van der Waals surface area contributed by atoms with Crippen LogP contribution in [0, 0.1) is 0 Å². The van der Waals surface area contributed by atoms with Crippen LogP contribution in [0.5, 0.6) is 0 Å². The van der Waals surface area contributed by atoms with Crippen LogP contribution in [0.25, 0.3) is 0 Å². The van der Waals surface area contributed by atoms with Crippen LogP contribution >= 0.6 is 0 Å². The zero-order valence-electron chi connectivity index (χ0n) is 15.2. The number of sulfonamides is 1. The molecule has 0 saturated heterocycles. The number of aromatic nitrogens is 3. The number of nitrogens with zero attached hydrogens (tertiary/aromatic N) is 4. The SMILES string of the molecule is CS(=O)(=O)N1CC[C@@H](n2cccn2)c2cc(NC(=O)c3cccnc3)ccc21. The molecule has 144 valence electrons. The Morgan fingerprint density at radius 3 is 2.75 bits per heavy atom. The van der Waals surface area contributed by atoms with Crippen molar-refractivity contribution in [3.63, 3.8) is 0 Å². The van der Waals surface area contributed by atoms with Crippen molar-refractivity contribution in [1.29, 1.82) is 0 Å². The van der Waals surface area contributed by atoms with E-state index < -0.39 is 10.0 Å². The first-order valence-corrected chi connectivity index (χ1v) is 10.6. The molecule has 8 nitrogen and oxygen atoms in total. The maximum absolute atomic E-state index is 12.4. The van der Waals surface area contributed by atoms with E-state index in [9.17, 15) is 13.2 Å². The lowest BCUT2D eigenvalue weighted by molar-refractivity contribution is 0.102. The lowest BCUT2D eigenvalue weighted by Gasteiger charge is -2.34. The van der Waals surface area contributed by atoms with E-state index in [1.54, 1.807) is 36.7 Å². The zero-order chi connectivity index (χ0) is 19.7. The van der Waals surface area contributed by atoms with Crippen molar-refractivity contribution in [3.05, 3.63) is 72.3 Å². The molecule has 0 bridgehead atoms. The molecule has 0 fully saturated rings. The topological polar surface area (TPSA) is 97.2 Å². The van der Waals surface area contributed by atoms with E-state index >= 15 is 0 Å². The molecule has 0 spiro atoms. The number of carbonyl (C=O) groups excluding carboxylic acids is 1. The molecule has 0 radical (unpaired) electrons. The molecule has 1 amide bonds. The predicted octanol–water partition coefficient (Wildman–Crippen LogP) is 2.29. The Morgan fingerprint density at radius 2 is 2.07 bits per heavy atom. The highest BCUT2D eigenvalue weighted by Gasteiger charge is 2.31. The largest absolute Gasteiger partial charge is 0.322 e. The van der Waals surface area contributed by atoms with Crippen molar-refractivity contribution in [2.24, 2.45) is 0 Å². The molecule has 1 aliphatic rings. The molecule has 0 saturated carbocycles. The third-order valence-electron chi connectivity index (χ3n) is 4.69. The Labute approximate surface area is 162 Å². The van der Waals surface area contributed by atoms with Crippen molar-refractivity contribution in [2.75, 3.05) is 22.4 Å². The van der Waals surface area contributed by atoms with Gasteiger partial charge in [-0.25, -0.2) is 8.42 Å². The summed E-state index contributed by atoms with van der Waals surface area (Å²) in [7, 11) is -3.40. The molecule has 4 rings (SSSR count). The Balaban J connectivity index is 1.72. The van der Waals surface area contributed by atoms with Crippen molar-refractivity contribution >= 4 is 27.3 Å². The van der Waals surface area contributed by atoms with E-state index in [-0.39, 0.29) is 11.9 Å². The second-order valence-electron chi connectivity index (χ2n) is 6.60. The fourth-order valence-corrected chi connectivity index (χ4v) is 4.39. The van der Waals surface area contributed by atoms with Gasteiger partial charge in [0.2, 0.25) is 10.0 Å². The first kappa shape index (κ1) is 18.2. The summed E-state index contributed by atoms with van der Waals surface area (Å²) in [6.07, 6.45) is 8.42. The second-order valence-corrected chi connectivity index (χ2v) is 8.50. The Hall–Kier alpha value is -3.20. The summed E-state index contributed by atoms with van der Waals surface area (Å²) in [5.74, 6) is -0.278. The van der Waals surface area contributed by atoms with Gasteiger partial charge in [-0.1, -0.05) is 0 Å². The summed E-state index contributed by atoms with van der Waals surface area (Å²) < 4.78 is 27.6. The average molecular weight is 397 g/mol. The quantitative estimate of drug-likeness (QED) is 0.728. The van der Waals surface area contributed by atoms with Crippen molar-refractivity contribution in [3.8, 4) is 0 Å². The molecule has 28 heavy (non-hydrogen) atoms. The maximum atomic E-state index is 12.4. The van der Waals surface area contributed by atoms with Crippen molar-refractivity contribution < 1.29 is 13.2 Å². The van der Waals surface area contributed by atoms with Crippen LogP contribution in [0.1, 0.15) is 28.4 Å². The van der Waals surface area contributed by atoms with Gasteiger partial charge in [0.25, 0.3) is 5.91 Å². The molecule has 3 aromatic rings. The first-order chi connectivity index (χ1) is 13.4. The normalized spacial score (nSPS) is 16.5. The van der Waals surface area contributed by atoms with Gasteiger partial charge < -0.3 is 5.32 Å². The molecule has 0 unspecified atom stereocenters. The monoisotopic (exact) mass is 397 g/mol. The van der Waals surface area contributed by atoms with Crippen LogP contribution in [-0.2, 0) is 10.0 Å². The number of amides is 1. The fourth-order valence-electron chi connectivity index (χ4n) is 3.43. The van der Waals surface area contributed by atoms with E-state index in [4.69, 9.17) is 0 Å². The molecule has 3 heterocycles. The highest BCUT2D eigenvalue weighted by molar-refractivity contribution is 7.92. The number of benzene rings is 1. The summed E-state index contributed by atoms with van der Waals surface area (Å²) in [4.78, 5) is 16.4.